The van der Waals surface area contributed by atoms with Crippen molar-refractivity contribution in [2.75, 3.05) is 11.1 Å². The molecule has 0 aliphatic heterocycles. The molecule has 0 heterocycles. The van der Waals surface area contributed by atoms with Gasteiger partial charge in [-0.25, -0.2) is 4.39 Å². The number of carbonyl (C=O) groups is 1. The van der Waals surface area contributed by atoms with E-state index in [-0.39, 0.29) is 11.7 Å². The lowest BCUT2D eigenvalue weighted by Crippen LogP contribution is -2.14. The molecule has 0 unspecified atom stereocenters. The fourth-order valence-electron chi connectivity index (χ4n) is 2.13. The van der Waals surface area contributed by atoms with Gasteiger partial charge in [0.15, 0.2) is 0 Å². The van der Waals surface area contributed by atoms with Crippen molar-refractivity contribution in [1.29, 1.82) is 0 Å². The van der Waals surface area contributed by atoms with Crippen molar-refractivity contribution in [3.05, 3.63) is 65.0 Å². The third-order valence-electron chi connectivity index (χ3n) is 2.90. The number of aryl methyl sites for hydroxylation is 2. The molecule has 2 rings (SSSR count). The summed E-state index contributed by atoms with van der Waals surface area (Å²) in [5.41, 5.74) is 3.96. The first-order valence-electron chi connectivity index (χ1n) is 6.73. The maximum atomic E-state index is 13.0. The largest absolute Gasteiger partial charge is 0.325 e. The van der Waals surface area contributed by atoms with E-state index in [0.29, 0.717) is 11.5 Å². The SMILES string of the molecule is Cc1cc(C)cc(NC(=O)CSCc2cccc(F)c2)c1. The highest BCUT2D eigenvalue weighted by molar-refractivity contribution is 7.99. The molecule has 1 amide bonds. The maximum Gasteiger partial charge on any atom is 0.234 e. The number of nitrogens with one attached hydrogen (secondary N) is 1. The van der Waals surface area contributed by atoms with Gasteiger partial charge in [0.1, 0.15) is 5.82 Å². The van der Waals surface area contributed by atoms with Crippen LogP contribution < -0.4 is 5.32 Å². The maximum absolute atomic E-state index is 13.0. The second kappa shape index (κ2) is 7.27. The lowest BCUT2D eigenvalue weighted by molar-refractivity contribution is -0.113. The van der Waals surface area contributed by atoms with Gasteiger partial charge >= 0.3 is 0 Å². The Morgan fingerprint density at radius 2 is 1.86 bits per heavy atom. The Labute approximate surface area is 128 Å². The highest BCUT2D eigenvalue weighted by atomic mass is 32.2. The Hall–Kier alpha value is -1.81. The van der Waals surface area contributed by atoms with Crippen LogP contribution in [0.2, 0.25) is 0 Å². The molecule has 0 aliphatic carbocycles. The smallest absolute Gasteiger partial charge is 0.234 e. The molecule has 0 aliphatic rings. The minimum Gasteiger partial charge on any atom is -0.325 e. The lowest BCUT2D eigenvalue weighted by Gasteiger charge is -2.07. The number of carbonyl (C=O) groups excluding carboxylic acids is 1. The van der Waals surface area contributed by atoms with E-state index >= 15 is 0 Å². The quantitative estimate of drug-likeness (QED) is 0.891. The summed E-state index contributed by atoms with van der Waals surface area (Å²) in [6.45, 7) is 4.00. The normalized spacial score (nSPS) is 10.4. The van der Waals surface area contributed by atoms with Gasteiger partial charge in [-0.15, -0.1) is 11.8 Å². The predicted molar refractivity (Wildman–Crippen MR) is 87.1 cm³/mol. The van der Waals surface area contributed by atoms with Crippen LogP contribution in [0, 0.1) is 19.7 Å². The zero-order chi connectivity index (χ0) is 15.2. The van der Waals surface area contributed by atoms with Crippen LogP contribution in [0.1, 0.15) is 16.7 Å². The molecule has 2 aromatic rings. The molecular weight excluding hydrogens is 285 g/mol. The Morgan fingerprint density at radius 1 is 1.14 bits per heavy atom. The molecule has 2 aromatic carbocycles. The number of hydrogen-bond acceptors (Lipinski definition) is 2. The zero-order valence-electron chi connectivity index (χ0n) is 12.2. The van der Waals surface area contributed by atoms with E-state index < -0.39 is 0 Å². The summed E-state index contributed by atoms with van der Waals surface area (Å²) in [6.07, 6.45) is 0. The van der Waals surface area contributed by atoms with Gasteiger partial charge in [0.2, 0.25) is 5.91 Å². The summed E-state index contributed by atoms with van der Waals surface area (Å²) < 4.78 is 13.0. The van der Waals surface area contributed by atoms with E-state index in [1.54, 1.807) is 6.07 Å². The average Bonchev–Trinajstić information content (AvgIpc) is 2.37. The van der Waals surface area contributed by atoms with Crippen LogP contribution in [0.4, 0.5) is 10.1 Å². The van der Waals surface area contributed by atoms with Crippen molar-refractivity contribution in [2.45, 2.75) is 19.6 Å². The summed E-state index contributed by atoms with van der Waals surface area (Å²) in [5, 5.41) is 2.89. The van der Waals surface area contributed by atoms with E-state index in [0.717, 1.165) is 22.4 Å². The van der Waals surface area contributed by atoms with Crippen LogP contribution in [0.15, 0.2) is 42.5 Å². The molecule has 21 heavy (non-hydrogen) atoms. The summed E-state index contributed by atoms with van der Waals surface area (Å²) in [7, 11) is 0. The van der Waals surface area contributed by atoms with Crippen molar-refractivity contribution in [1.82, 2.24) is 0 Å². The third kappa shape index (κ3) is 5.23. The molecule has 2 nitrogen and oxygen atoms in total. The second-order valence-electron chi connectivity index (χ2n) is 5.05. The number of halogens is 1. The van der Waals surface area contributed by atoms with Crippen LogP contribution >= 0.6 is 11.8 Å². The van der Waals surface area contributed by atoms with Gasteiger partial charge in [0.05, 0.1) is 5.75 Å². The van der Waals surface area contributed by atoms with Crippen LogP contribution in [-0.2, 0) is 10.5 Å². The molecule has 110 valence electrons. The van der Waals surface area contributed by atoms with Crippen LogP contribution in [0.5, 0.6) is 0 Å². The first-order valence-corrected chi connectivity index (χ1v) is 7.89. The number of hydrogen-bond donors (Lipinski definition) is 1. The van der Waals surface area contributed by atoms with E-state index in [1.807, 2.05) is 32.0 Å². The zero-order valence-corrected chi connectivity index (χ0v) is 13.0. The molecule has 0 fully saturated rings. The van der Waals surface area contributed by atoms with Crippen molar-refractivity contribution in [3.63, 3.8) is 0 Å². The Kier molecular flexibility index (Phi) is 5.39. The van der Waals surface area contributed by atoms with E-state index in [1.165, 1.54) is 23.9 Å². The van der Waals surface area contributed by atoms with Crippen molar-refractivity contribution in [3.8, 4) is 0 Å². The molecule has 0 saturated carbocycles. The molecule has 4 heteroatoms. The first kappa shape index (κ1) is 15.6. The van der Waals surface area contributed by atoms with Crippen molar-refractivity contribution in [2.24, 2.45) is 0 Å². The van der Waals surface area contributed by atoms with Crippen LogP contribution in [0.25, 0.3) is 0 Å². The number of rotatable bonds is 5. The number of thioether (sulfide) groups is 1. The number of anilines is 1. The molecule has 1 N–H and O–H groups in total. The van der Waals surface area contributed by atoms with Gasteiger partial charge in [0, 0.05) is 11.4 Å². The molecule has 0 saturated heterocycles. The molecule has 0 spiro atoms. The van der Waals surface area contributed by atoms with Crippen molar-refractivity contribution >= 4 is 23.4 Å². The summed E-state index contributed by atoms with van der Waals surface area (Å²) in [5.74, 6) is 0.691. The standard InChI is InChI=1S/C17H18FNOS/c1-12-6-13(2)8-16(7-12)19-17(20)11-21-10-14-4-3-5-15(18)9-14/h3-9H,10-11H2,1-2H3,(H,19,20). The van der Waals surface area contributed by atoms with Crippen LogP contribution in [0.3, 0.4) is 0 Å². The van der Waals surface area contributed by atoms with Crippen molar-refractivity contribution < 1.29 is 9.18 Å². The highest BCUT2D eigenvalue weighted by Gasteiger charge is 2.04. The summed E-state index contributed by atoms with van der Waals surface area (Å²) in [4.78, 5) is 11.9. The number of benzene rings is 2. The topological polar surface area (TPSA) is 29.1 Å². The average molecular weight is 303 g/mol. The predicted octanol–water partition coefficient (Wildman–Crippen LogP) is 4.31. The minimum absolute atomic E-state index is 0.0404. The van der Waals surface area contributed by atoms with Gasteiger partial charge in [-0.3, -0.25) is 4.79 Å². The second-order valence-corrected chi connectivity index (χ2v) is 6.03. The van der Waals surface area contributed by atoms with E-state index in [2.05, 4.69) is 11.4 Å². The van der Waals surface area contributed by atoms with Gasteiger partial charge < -0.3 is 5.32 Å². The number of amides is 1. The monoisotopic (exact) mass is 303 g/mol. The van der Waals surface area contributed by atoms with E-state index in [4.69, 9.17) is 0 Å². The molecule has 0 bridgehead atoms. The minimum atomic E-state index is -0.243. The van der Waals surface area contributed by atoms with Gasteiger partial charge in [-0.2, -0.15) is 0 Å². The third-order valence-corrected chi connectivity index (χ3v) is 3.90. The molecule has 0 radical (unpaired) electrons. The summed E-state index contributed by atoms with van der Waals surface area (Å²) >= 11 is 1.47. The fraction of sp³-hybridized carbons (Fsp3) is 0.235. The highest BCUT2D eigenvalue weighted by Crippen LogP contribution is 2.16. The van der Waals surface area contributed by atoms with Gasteiger partial charge in [-0.05, 0) is 54.8 Å². The fourth-order valence-corrected chi connectivity index (χ4v) is 2.91. The molecule has 0 atom stereocenters. The first-order chi connectivity index (χ1) is 10.0. The Bertz CT molecular complexity index is 622. The Balaban J connectivity index is 1.82. The Morgan fingerprint density at radius 3 is 2.52 bits per heavy atom. The molecule has 0 aromatic heterocycles. The lowest BCUT2D eigenvalue weighted by atomic mass is 10.1. The van der Waals surface area contributed by atoms with Gasteiger partial charge in [0.25, 0.3) is 0 Å². The summed E-state index contributed by atoms with van der Waals surface area (Å²) in [6, 6.07) is 12.4. The van der Waals surface area contributed by atoms with Crippen LogP contribution in [-0.4, -0.2) is 11.7 Å². The molecular formula is C17H18FNOS. The van der Waals surface area contributed by atoms with E-state index in [9.17, 15) is 9.18 Å². The van der Waals surface area contributed by atoms with Gasteiger partial charge in [-0.1, -0.05) is 18.2 Å².